The number of nitrogens with two attached hydrogens (primary N) is 1. The van der Waals surface area contributed by atoms with Crippen molar-refractivity contribution in [3.63, 3.8) is 0 Å². The van der Waals surface area contributed by atoms with Crippen LogP contribution in [0, 0.1) is 0 Å². The summed E-state index contributed by atoms with van der Waals surface area (Å²) in [7, 11) is 0. The lowest BCUT2D eigenvalue weighted by Gasteiger charge is -2.24. The van der Waals surface area contributed by atoms with Gasteiger partial charge >= 0.3 is 0 Å². The predicted octanol–water partition coefficient (Wildman–Crippen LogP) is 0.587. The van der Waals surface area contributed by atoms with E-state index in [1.165, 1.54) is 0 Å². The van der Waals surface area contributed by atoms with E-state index in [-0.39, 0.29) is 18.0 Å². The van der Waals surface area contributed by atoms with Crippen LogP contribution in [0.1, 0.15) is 34.1 Å². The average Bonchev–Trinajstić information content (AvgIpc) is 2.31. The quantitative estimate of drug-likeness (QED) is 0.533. The highest BCUT2D eigenvalue weighted by Crippen LogP contribution is 1.98. The second kappa shape index (κ2) is 10.3. The molecule has 0 heterocycles. The Morgan fingerprint density at radius 1 is 1.33 bits per heavy atom. The molecule has 1 atom stereocenters. The van der Waals surface area contributed by atoms with Gasteiger partial charge in [-0.1, -0.05) is 20.8 Å². The zero-order chi connectivity index (χ0) is 14.0. The largest absolute Gasteiger partial charge is 0.380 e. The van der Waals surface area contributed by atoms with Gasteiger partial charge in [0.25, 0.3) is 0 Å². The predicted molar refractivity (Wildman–Crippen MR) is 74.5 cm³/mol. The minimum absolute atomic E-state index is 0.244. The van der Waals surface area contributed by atoms with Crippen molar-refractivity contribution in [3.05, 3.63) is 0 Å². The van der Waals surface area contributed by atoms with Crippen LogP contribution in [0.5, 0.6) is 0 Å². The van der Waals surface area contributed by atoms with Gasteiger partial charge in [0.2, 0.25) is 5.91 Å². The van der Waals surface area contributed by atoms with Crippen LogP contribution in [0.3, 0.4) is 0 Å². The second-order valence-electron chi connectivity index (χ2n) is 4.70. The van der Waals surface area contributed by atoms with Gasteiger partial charge in [-0.15, -0.1) is 0 Å². The molecule has 0 rings (SSSR count). The summed E-state index contributed by atoms with van der Waals surface area (Å²) in [6.07, 6.45) is 0.744. The Hall–Kier alpha value is -0.650. The van der Waals surface area contributed by atoms with Crippen molar-refractivity contribution in [1.29, 1.82) is 0 Å². The normalized spacial score (nSPS) is 13.2. The van der Waals surface area contributed by atoms with Crippen molar-refractivity contribution < 1.29 is 9.53 Å². The maximum absolute atomic E-state index is 11.3. The summed E-state index contributed by atoms with van der Waals surface area (Å²) in [4.78, 5) is 13.6. The topological polar surface area (TPSA) is 67.6 Å². The van der Waals surface area contributed by atoms with E-state index in [0.717, 1.165) is 39.3 Å². The van der Waals surface area contributed by atoms with Gasteiger partial charge in [0.1, 0.15) is 0 Å². The molecule has 0 aliphatic carbocycles. The van der Waals surface area contributed by atoms with E-state index in [1.54, 1.807) is 0 Å². The van der Waals surface area contributed by atoms with Gasteiger partial charge in [-0.3, -0.25) is 4.79 Å². The molecule has 108 valence electrons. The molecule has 0 aromatic rings. The number of carbonyl (C=O) groups excluding carboxylic acids is 1. The Morgan fingerprint density at radius 3 is 2.44 bits per heavy atom. The Morgan fingerprint density at radius 2 is 2.00 bits per heavy atom. The average molecular weight is 259 g/mol. The van der Waals surface area contributed by atoms with Crippen LogP contribution < -0.4 is 11.1 Å². The molecule has 0 radical (unpaired) electrons. The van der Waals surface area contributed by atoms with Crippen molar-refractivity contribution >= 4 is 5.91 Å². The number of nitrogens with zero attached hydrogens (tertiary/aromatic N) is 1. The number of primary amides is 1. The van der Waals surface area contributed by atoms with Crippen LogP contribution in [0.25, 0.3) is 0 Å². The van der Waals surface area contributed by atoms with Crippen molar-refractivity contribution in [2.45, 2.75) is 46.2 Å². The molecular weight excluding hydrogens is 230 g/mol. The first-order valence-corrected chi connectivity index (χ1v) is 6.86. The lowest BCUT2D eigenvalue weighted by Crippen LogP contribution is -2.46. The summed E-state index contributed by atoms with van der Waals surface area (Å²) in [5, 5.41) is 3.19. The molecule has 0 bridgehead atoms. The van der Waals surface area contributed by atoms with Crippen LogP contribution in [0.2, 0.25) is 0 Å². The third-order valence-electron chi connectivity index (χ3n) is 2.82. The van der Waals surface area contributed by atoms with E-state index < -0.39 is 0 Å². The summed E-state index contributed by atoms with van der Waals surface area (Å²) in [6.45, 7) is 12.3. The fourth-order valence-electron chi connectivity index (χ4n) is 1.79. The molecule has 0 spiro atoms. The molecule has 0 saturated heterocycles. The first-order valence-electron chi connectivity index (χ1n) is 6.86. The van der Waals surface area contributed by atoms with Gasteiger partial charge in [0.05, 0.1) is 12.6 Å². The fourth-order valence-corrected chi connectivity index (χ4v) is 1.79. The van der Waals surface area contributed by atoms with Crippen molar-refractivity contribution in [2.75, 3.05) is 32.8 Å². The molecule has 5 nitrogen and oxygen atoms in total. The molecule has 0 aliphatic heterocycles. The molecule has 0 aromatic heterocycles. The first-order chi connectivity index (χ1) is 8.51. The highest BCUT2D eigenvalue weighted by atomic mass is 16.5. The number of nitrogens with one attached hydrogen (secondary N) is 1. The van der Waals surface area contributed by atoms with E-state index in [0.29, 0.717) is 0 Å². The molecule has 0 fully saturated rings. The molecule has 1 unspecified atom stereocenters. The number of likely N-dealkylation sites (N-methyl/N-ethyl adjacent to an activating group) is 1. The van der Waals surface area contributed by atoms with Crippen LogP contribution in [0.15, 0.2) is 0 Å². The van der Waals surface area contributed by atoms with Gasteiger partial charge in [0.15, 0.2) is 0 Å². The lowest BCUT2D eigenvalue weighted by molar-refractivity contribution is -0.120. The summed E-state index contributed by atoms with van der Waals surface area (Å²) in [6, 6.07) is 0.0205. The number of hydrogen-bond donors (Lipinski definition) is 2. The summed E-state index contributed by atoms with van der Waals surface area (Å²) in [5.41, 5.74) is 5.39. The zero-order valence-electron chi connectivity index (χ0n) is 12.2. The van der Waals surface area contributed by atoms with Crippen LogP contribution in [0.4, 0.5) is 0 Å². The number of ether oxygens (including phenoxy) is 1. The Balaban J connectivity index is 4.01. The molecule has 18 heavy (non-hydrogen) atoms. The Bertz CT molecular complexity index is 222. The second-order valence-corrected chi connectivity index (χ2v) is 4.70. The van der Waals surface area contributed by atoms with Crippen LogP contribution in [-0.4, -0.2) is 55.7 Å². The number of amides is 1. The number of carbonyl (C=O) groups is 1. The van der Waals surface area contributed by atoms with Crippen LogP contribution >= 0.6 is 0 Å². The maximum atomic E-state index is 11.3. The first kappa shape index (κ1) is 17.4. The van der Waals surface area contributed by atoms with E-state index in [1.807, 2.05) is 20.8 Å². The van der Waals surface area contributed by atoms with Gasteiger partial charge in [0, 0.05) is 25.7 Å². The summed E-state index contributed by atoms with van der Waals surface area (Å²) < 4.78 is 5.34. The maximum Gasteiger partial charge on any atom is 0.234 e. The van der Waals surface area contributed by atoms with Crippen molar-refractivity contribution in [3.8, 4) is 0 Å². The van der Waals surface area contributed by atoms with E-state index in [4.69, 9.17) is 10.5 Å². The third kappa shape index (κ3) is 8.44. The van der Waals surface area contributed by atoms with Gasteiger partial charge in [-0.2, -0.15) is 0 Å². The van der Waals surface area contributed by atoms with Gasteiger partial charge in [-0.05, 0) is 19.9 Å². The summed E-state index contributed by atoms with van der Waals surface area (Å²) >= 11 is 0. The van der Waals surface area contributed by atoms with Gasteiger partial charge < -0.3 is 20.7 Å². The third-order valence-corrected chi connectivity index (χ3v) is 2.82. The van der Waals surface area contributed by atoms with Crippen molar-refractivity contribution in [1.82, 2.24) is 10.2 Å². The molecule has 0 aliphatic rings. The molecule has 1 amide bonds. The smallest absolute Gasteiger partial charge is 0.234 e. The van der Waals surface area contributed by atoms with E-state index in [2.05, 4.69) is 17.1 Å². The zero-order valence-corrected chi connectivity index (χ0v) is 12.2. The van der Waals surface area contributed by atoms with E-state index >= 15 is 0 Å². The molecule has 3 N–H and O–H groups in total. The number of hydrogen-bond acceptors (Lipinski definition) is 4. The fraction of sp³-hybridized carbons (Fsp3) is 0.923. The molecule has 0 aromatic carbocycles. The summed E-state index contributed by atoms with van der Waals surface area (Å²) in [5.74, 6) is -0.274. The van der Waals surface area contributed by atoms with Crippen molar-refractivity contribution in [2.24, 2.45) is 5.73 Å². The highest BCUT2D eigenvalue weighted by Gasteiger charge is 2.16. The standard InChI is InChI=1S/C13H29N3O2/c1-5-16(9-10-18-6-2)8-7-12(13(14)17)15-11(3)4/h11-12,15H,5-10H2,1-4H3,(H2,14,17). The molecule has 0 saturated carbocycles. The lowest BCUT2D eigenvalue weighted by atomic mass is 10.1. The molecule has 5 heteroatoms. The SMILES string of the molecule is CCOCCN(CC)CCC(NC(C)C)C(N)=O. The van der Waals surface area contributed by atoms with Gasteiger partial charge in [-0.25, -0.2) is 0 Å². The van der Waals surface area contributed by atoms with Crippen LogP contribution in [-0.2, 0) is 9.53 Å². The van der Waals surface area contributed by atoms with E-state index in [9.17, 15) is 4.79 Å². The Kier molecular flexibility index (Phi) is 9.92. The minimum Gasteiger partial charge on any atom is -0.380 e. The minimum atomic E-state index is -0.274. The molecular formula is C13H29N3O2. The number of rotatable bonds is 11. The Labute approximate surface area is 111 Å². The highest BCUT2D eigenvalue weighted by molar-refractivity contribution is 5.79. The monoisotopic (exact) mass is 259 g/mol.